The van der Waals surface area contributed by atoms with Crippen LogP contribution in [0, 0.1) is 17.2 Å². The van der Waals surface area contributed by atoms with Gasteiger partial charge in [0.1, 0.15) is 5.54 Å². The van der Waals surface area contributed by atoms with Gasteiger partial charge in [-0.2, -0.15) is 5.26 Å². The summed E-state index contributed by atoms with van der Waals surface area (Å²) in [4.78, 5) is 0. The van der Waals surface area contributed by atoms with Crippen molar-refractivity contribution in [2.24, 2.45) is 5.92 Å². The lowest BCUT2D eigenvalue weighted by atomic mass is 10.1. The van der Waals surface area contributed by atoms with Gasteiger partial charge in [0.05, 0.1) is 18.8 Å². The van der Waals surface area contributed by atoms with Crippen LogP contribution in [-0.4, -0.2) is 24.3 Å². The lowest BCUT2D eigenvalue weighted by molar-refractivity contribution is 0.0118. The van der Waals surface area contributed by atoms with Crippen LogP contribution in [0.5, 0.6) is 0 Å². The van der Waals surface area contributed by atoms with Gasteiger partial charge in [0, 0.05) is 6.04 Å². The fourth-order valence-electron chi connectivity index (χ4n) is 1.27. The fourth-order valence-corrected chi connectivity index (χ4v) is 1.27. The van der Waals surface area contributed by atoms with E-state index in [9.17, 15) is 0 Å². The van der Waals surface area contributed by atoms with Crippen LogP contribution in [0.2, 0.25) is 0 Å². The number of hydrogen-bond donors (Lipinski definition) is 1. The van der Waals surface area contributed by atoms with Gasteiger partial charge in [-0.25, -0.2) is 0 Å². The van der Waals surface area contributed by atoms with E-state index in [2.05, 4.69) is 32.2 Å². The zero-order valence-electron chi connectivity index (χ0n) is 10.2. The first-order valence-corrected chi connectivity index (χ1v) is 5.77. The maximum atomic E-state index is 9.12. The quantitative estimate of drug-likeness (QED) is 0.730. The maximum Gasteiger partial charge on any atom is 0.127 e. The zero-order chi connectivity index (χ0) is 11.5. The molecule has 15 heavy (non-hydrogen) atoms. The van der Waals surface area contributed by atoms with Crippen molar-refractivity contribution in [3.8, 4) is 6.07 Å². The van der Waals surface area contributed by atoms with Crippen molar-refractivity contribution in [2.75, 3.05) is 6.61 Å². The maximum absolute atomic E-state index is 9.12. The molecule has 0 heterocycles. The smallest absolute Gasteiger partial charge is 0.127 e. The van der Waals surface area contributed by atoms with Crippen molar-refractivity contribution in [2.45, 2.75) is 58.2 Å². The Hall–Kier alpha value is -0.590. The van der Waals surface area contributed by atoms with Crippen molar-refractivity contribution in [3.05, 3.63) is 0 Å². The normalized spacial score (nSPS) is 22.1. The van der Waals surface area contributed by atoms with Crippen molar-refractivity contribution in [1.82, 2.24) is 5.32 Å². The topological polar surface area (TPSA) is 45.0 Å². The molecular weight excluding hydrogens is 188 g/mol. The molecule has 1 saturated carbocycles. The summed E-state index contributed by atoms with van der Waals surface area (Å²) >= 11 is 0. The molecule has 0 aromatic carbocycles. The predicted molar refractivity (Wildman–Crippen MR) is 60.4 cm³/mol. The molecule has 0 saturated heterocycles. The molecule has 0 amide bonds. The van der Waals surface area contributed by atoms with Crippen LogP contribution in [0.3, 0.4) is 0 Å². The van der Waals surface area contributed by atoms with Gasteiger partial charge in [-0.15, -0.1) is 0 Å². The molecular formula is C12H22N2O. The highest BCUT2D eigenvalue weighted by atomic mass is 16.5. The summed E-state index contributed by atoms with van der Waals surface area (Å²) in [5, 5.41) is 12.4. The molecule has 0 aromatic heterocycles. The molecule has 0 radical (unpaired) electrons. The van der Waals surface area contributed by atoms with Gasteiger partial charge in [0.25, 0.3) is 0 Å². The lowest BCUT2D eigenvalue weighted by Crippen LogP contribution is -2.47. The highest BCUT2D eigenvalue weighted by Gasteiger charge is 2.33. The highest BCUT2D eigenvalue weighted by molar-refractivity contribution is 5.07. The monoisotopic (exact) mass is 210 g/mol. The van der Waals surface area contributed by atoms with Crippen molar-refractivity contribution < 1.29 is 4.74 Å². The number of nitrogens with one attached hydrogen (secondary N) is 1. The van der Waals surface area contributed by atoms with Crippen molar-refractivity contribution in [3.63, 3.8) is 0 Å². The van der Waals surface area contributed by atoms with Gasteiger partial charge in [-0.1, -0.05) is 13.8 Å². The zero-order valence-corrected chi connectivity index (χ0v) is 10.2. The molecule has 1 N–H and O–H groups in total. The molecule has 0 bridgehead atoms. The largest absolute Gasteiger partial charge is 0.375 e. The molecule has 3 nitrogen and oxygen atoms in total. The van der Waals surface area contributed by atoms with Gasteiger partial charge >= 0.3 is 0 Å². The Morgan fingerprint density at radius 2 is 2.07 bits per heavy atom. The Labute approximate surface area is 92.8 Å². The lowest BCUT2D eigenvalue weighted by Gasteiger charge is -2.26. The van der Waals surface area contributed by atoms with E-state index in [0.717, 1.165) is 0 Å². The Balaban J connectivity index is 2.35. The summed E-state index contributed by atoms with van der Waals surface area (Å²) in [7, 11) is 0. The molecule has 0 aliphatic heterocycles. The second-order valence-electron chi connectivity index (χ2n) is 5.12. The molecule has 0 spiro atoms. The first-order chi connectivity index (χ1) is 6.97. The number of rotatable bonds is 6. The van der Waals surface area contributed by atoms with Crippen LogP contribution in [0.4, 0.5) is 0 Å². The number of nitriles is 1. The van der Waals surface area contributed by atoms with Gasteiger partial charge in [0.15, 0.2) is 0 Å². The van der Waals surface area contributed by atoms with E-state index in [1.54, 1.807) is 0 Å². The number of nitrogens with zero attached hydrogens (tertiary/aromatic N) is 1. The fraction of sp³-hybridized carbons (Fsp3) is 0.917. The minimum Gasteiger partial charge on any atom is -0.375 e. The van der Waals surface area contributed by atoms with Gasteiger partial charge in [-0.3, -0.25) is 5.32 Å². The van der Waals surface area contributed by atoms with Crippen LogP contribution in [0.1, 0.15) is 40.5 Å². The Bertz CT molecular complexity index is 242. The second kappa shape index (κ2) is 4.96. The molecule has 3 heteroatoms. The number of ether oxygens (including phenoxy) is 1. The van der Waals surface area contributed by atoms with E-state index in [1.165, 1.54) is 12.8 Å². The molecule has 2 atom stereocenters. The molecule has 2 unspecified atom stereocenters. The summed E-state index contributed by atoms with van der Waals surface area (Å²) in [6.45, 7) is 8.70. The second-order valence-corrected chi connectivity index (χ2v) is 5.12. The Morgan fingerprint density at radius 1 is 1.47 bits per heavy atom. The molecule has 1 rings (SSSR count). The molecule has 1 aliphatic rings. The Morgan fingerprint density at radius 3 is 2.47 bits per heavy atom. The van der Waals surface area contributed by atoms with E-state index in [-0.39, 0.29) is 6.10 Å². The van der Waals surface area contributed by atoms with Crippen LogP contribution in [0.15, 0.2) is 0 Å². The molecule has 1 fully saturated rings. The Kier molecular flexibility index (Phi) is 4.12. The summed E-state index contributed by atoms with van der Waals surface area (Å²) < 4.78 is 5.70. The summed E-state index contributed by atoms with van der Waals surface area (Å²) in [6, 6.07) is 2.84. The third-order valence-corrected chi connectivity index (χ3v) is 2.92. The summed E-state index contributed by atoms with van der Waals surface area (Å²) in [6.07, 6.45) is 2.59. The number of hydrogen-bond acceptors (Lipinski definition) is 3. The summed E-state index contributed by atoms with van der Waals surface area (Å²) in [5.74, 6) is 0.494. The first-order valence-electron chi connectivity index (χ1n) is 5.77. The van der Waals surface area contributed by atoms with Gasteiger partial charge in [-0.05, 0) is 32.6 Å². The first kappa shape index (κ1) is 12.5. The van der Waals surface area contributed by atoms with E-state index < -0.39 is 5.54 Å². The minimum atomic E-state index is -0.523. The van der Waals surface area contributed by atoms with Crippen molar-refractivity contribution in [1.29, 1.82) is 5.26 Å². The van der Waals surface area contributed by atoms with E-state index >= 15 is 0 Å². The van der Waals surface area contributed by atoms with Gasteiger partial charge < -0.3 is 4.74 Å². The van der Waals surface area contributed by atoms with E-state index in [0.29, 0.717) is 18.6 Å². The van der Waals surface area contributed by atoms with E-state index in [1.807, 2.05) is 6.92 Å². The average molecular weight is 210 g/mol. The average Bonchev–Trinajstić information content (AvgIpc) is 2.98. The summed E-state index contributed by atoms with van der Waals surface area (Å²) in [5.41, 5.74) is -0.523. The molecule has 1 aliphatic carbocycles. The third kappa shape index (κ3) is 4.19. The van der Waals surface area contributed by atoms with E-state index in [4.69, 9.17) is 10.00 Å². The molecule has 0 aromatic rings. The van der Waals surface area contributed by atoms with Crippen LogP contribution in [0.25, 0.3) is 0 Å². The highest BCUT2D eigenvalue weighted by Crippen LogP contribution is 2.22. The molecule has 86 valence electrons. The standard InChI is InChI=1S/C12H22N2O/c1-9(2)10(3)15-8-12(4,7-13)14-11-5-6-11/h9-11,14H,5-6,8H2,1-4H3. The van der Waals surface area contributed by atoms with Crippen LogP contribution < -0.4 is 5.32 Å². The van der Waals surface area contributed by atoms with Gasteiger partial charge in [0.2, 0.25) is 0 Å². The van der Waals surface area contributed by atoms with Crippen LogP contribution >= 0.6 is 0 Å². The minimum absolute atomic E-state index is 0.207. The SMILES string of the molecule is CC(C)C(C)OCC(C)(C#N)NC1CC1. The van der Waals surface area contributed by atoms with Crippen molar-refractivity contribution >= 4 is 0 Å². The predicted octanol–water partition coefficient (Wildman–Crippen LogP) is 2.08. The third-order valence-electron chi connectivity index (χ3n) is 2.92. The van der Waals surface area contributed by atoms with Crippen LogP contribution in [-0.2, 0) is 4.74 Å².